The van der Waals surface area contributed by atoms with Gasteiger partial charge in [-0.15, -0.1) is 0 Å². The van der Waals surface area contributed by atoms with Crippen LogP contribution in [0.1, 0.15) is 0 Å². The second-order valence-electron chi connectivity index (χ2n) is 4.50. The number of anilines is 2. The maximum atomic E-state index is 12.4. The van der Waals surface area contributed by atoms with Crippen molar-refractivity contribution in [1.29, 1.82) is 0 Å². The van der Waals surface area contributed by atoms with Crippen molar-refractivity contribution >= 4 is 52.3 Å². The third-order valence-corrected chi connectivity index (χ3v) is 4.85. The van der Waals surface area contributed by atoms with E-state index >= 15 is 0 Å². The summed E-state index contributed by atoms with van der Waals surface area (Å²) in [5, 5.41) is 7.87. The minimum atomic E-state index is -1.97. The molecule has 0 spiro atoms. The molecule has 11 heteroatoms. The van der Waals surface area contributed by atoms with Gasteiger partial charge in [-0.2, -0.15) is 4.98 Å². The van der Waals surface area contributed by atoms with Crippen molar-refractivity contribution in [3.8, 4) is 0 Å². The Morgan fingerprint density at radius 2 is 2.00 bits per heavy atom. The first kappa shape index (κ1) is 15.2. The number of hydrogen-bond donors (Lipinski definition) is 4. The van der Waals surface area contributed by atoms with E-state index in [1.165, 1.54) is 6.07 Å². The highest BCUT2D eigenvalue weighted by Crippen LogP contribution is 2.27. The average Bonchev–Trinajstić information content (AvgIpc) is 2.92. The number of H-pyrrole nitrogens is 2. The minimum absolute atomic E-state index is 0.0734. The Hall–Kier alpha value is -2.66. The maximum absolute atomic E-state index is 12.4. The summed E-state index contributed by atoms with van der Waals surface area (Å²) in [7, 11) is -1.97. The molecule has 1 aromatic carbocycles. The number of ketones is 1. The van der Waals surface area contributed by atoms with E-state index in [0.717, 1.165) is 0 Å². The Morgan fingerprint density at radius 3 is 2.70 bits per heavy atom. The largest absolute Gasteiger partial charge is 0.324 e. The van der Waals surface area contributed by atoms with E-state index in [1.807, 2.05) is 0 Å². The van der Waals surface area contributed by atoms with Crippen molar-refractivity contribution in [2.75, 3.05) is 10.6 Å². The Labute approximate surface area is 136 Å². The van der Waals surface area contributed by atoms with Crippen LogP contribution in [-0.2, 0) is 25.2 Å². The maximum Gasteiger partial charge on any atom is 0.295 e. The molecule has 0 bridgehead atoms. The fourth-order valence-corrected chi connectivity index (χ4v) is 3.50. The SMILES string of the molecule is O=C(Nc1nc(=S)[nH][nH]1)C(=O)[C@H]1C(=O)Nc2ccccc2[S@@]1=O. The van der Waals surface area contributed by atoms with Crippen LogP contribution in [0.2, 0.25) is 0 Å². The van der Waals surface area contributed by atoms with Gasteiger partial charge in [0.1, 0.15) is 0 Å². The number of nitrogens with zero attached hydrogens (tertiary/aromatic N) is 1. The number of aromatic amines is 2. The third kappa shape index (κ3) is 2.83. The summed E-state index contributed by atoms with van der Waals surface area (Å²) in [5.74, 6) is -3.11. The van der Waals surface area contributed by atoms with E-state index in [9.17, 15) is 18.6 Å². The lowest BCUT2D eigenvalue weighted by Gasteiger charge is -2.22. The number of fused-ring (bicyclic) bond motifs is 1. The molecule has 23 heavy (non-hydrogen) atoms. The zero-order valence-electron chi connectivity index (χ0n) is 11.3. The summed E-state index contributed by atoms with van der Waals surface area (Å²) in [5.41, 5.74) is 0.358. The van der Waals surface area contributed by atoms with Crippen LogP contribution in [0.4, 0.5) is 11.6 Å². The van der Waals surface area contributed by atoms with Gasteiger partial charge in [0.2, 0.25) is 22.4 Å². The fourth-order valence-electron chi connectivity index (χ4n) is 2.00. The van der Waals surface area contributed by atoms with Crippen LogP contribution in [-0.4, -0.2) is 42.2 Å². The molecule has 0 saturated heterocycles. The van der Waals surface area contributed by atoms with Crippen molar-refractivity contribution in [3.63, 3.8) is 0 Å². The van der Waals surface area contributed by atoms with Crippen LogP contribution in [0.5, 0.6) is 0 Å². The molecule has 0 saturated carbocycles. The number of aromatic nitrogens is 3. The summed E-state index contributed by atoms with van der Waals surface area (Å²) in [6.45, 7) is 0. The number of hydrogen-bond acceptors (Lipinski definition) is 6. The Balaban J connectivity index is 1.84. The molecule has 3 rings (SSSR count). The quantitative estimate of drug-likeness (QED) is 0.352. The molecule has 9 nitrogen and oxygen atoms in total. The molecule has 0 radical (unpaired) electrons. The highest BCUT2D eigenvalue weighted by Gasteiger charge is 2.41. The standard InChI is InChI=1S/C12H9N5O4S2/c18-7(9(19)14-11-15-12(22)17-16-11)8-10(20)13-5-3-1-2-4-6(5)23(8)21/h1-4,8H,(H,13,20)(H3,14,15,16,17,19,22)/t8-,23-/m0/s1. The molecule has 2 amide bonds. The van der Waals surface area contributed by atoms with Crippen molar-refractivity contribution in [1.82, 2.24) is 15.2 Å². The summed E-state index contributed by atoms with van der Waals surface area (Å²) >= 11 is 4.71. The zero-order chi connectivity index (χ0) is 16.6. The van der Waals surface area contributed by atoms with Gasteiger partial charge in [0.05, 0.1) is 21.4 Å². The predicted octanol–water partition coefficient (Wildman–Crippen LogP) is 0.103. The van der Waals surface area contributed by atoms with Gasteiger partial charge in [0, 0.05) is 0 Å². The van der Waals surface area contributed by atoms with E-state index in [4.69, 9.17) is 12.2 Å². The minimum Gasteiger partial charge on any atom is -0.324 e. The van der Waals surface area contributed by atoms with Gasteiger partial charge in [0.15, 0.2) is 5.25 Å². The van der Waals surface area contributed by atoms with E-state index < -0.39 is 33.6 Å². The number of amides is 2. The van der Waals surface area contributed by atoms with Crippen molar-refractivity contribution in [2.45, 2.75) is 10.1 Å². The van der Waals surface area contributed by atoms with E-state index in [-0.39, 0.29) is 15.6 Å². The number of rotatable bonds is 3. The zero-order valence-corrected chi connectivity index (χ0v) is 12.9. The van der Waals surface area contributed by atoms with Gasteiger partial charge < -0.3 is 5.32 Å². The molecular weight excluding hydrogens is 342 g/mol. The molecule has 0 unspecified atom stereocenters. The predicted molar refractivity (Wildman–Crippen MR) is 82.7 cm³/mol. The van der Waals surface area contributed by atoms with Gasteiger partial charge in [-0.25, -0.2) is 0 Å². The topological polar surface area (TPSA) is 137 Å². The molecule has 1 aliphatic rings. The van der Waals surface area contributed by atoms with Crippen molar-refractivity contribution in [2.24, 2.45) is 0 Å². The lowest BCUT2D eigenvalue weighted by atomic mass is 10.2. The number of nitrogens with one attached hydrogen (secondary N) is 4. The summed E-state index contributed by atoms with van der Waals surface area (Å²) < 4.78 is 12.5. The molecule has 4 N–H and O–H groups in total. The second kappa shape index (κ2) is 5.85. The monoisotopic (exact) mass is 351 g/mol. The van der Waals surface area contributed by atoms with Crippen molar-refractivity contribution < 1.29 is 18.6 Å². The molecule has 1 aromatic heterocycles. The van der Waals surface area contributed by atoms with Crippen molar-refractivity contribution in [3.05, 3.63) is 29.0 Å². The Bertz CT molecular complexity index is 903. The third-order valence-electron chi connectivity index (χ3n) is 3.01. The highest BCUT2D eigenvalue weighted by atomic mass is 32.2. The molecule has 2 heterocycles. The van der Waals surface area contributed by atoms with Crippen LogP contribution in [0, 0.1) is 4.77 Å². The van der Waals surface area contributed by atoms with Gasteiger partial charge >= 0.3 is 0 Å². The van der Waals surface area contributed by atoms with E-state index in [1.54, 1.807) is 18.2 Å². The number of carbonyl (C=O) groups is 3. The molecule has 0 fully saturated rings. The average molecular weight is 351 g/mol. The number of Topliss-reactive ketones (excluding diaryl/α,β-unsaturated/α-hetero) is 1. The first-order valence-corrected chi connectivity index (χ1v) is 7.90. The number of para-hydroxylation sites is 1. The lowest BCUT2D eigenvalue weighted by molar-refractivity contribution is -0.136. The molecule has 2 atom stereocenters. The molecule has 2 aromatic rings. The van der Waals surface area contributed by atoms with Crippen LogP contribution in [0.25, 0.3) is 0 Å². The van der Waals surface area contributed by atoms with Crippen LogP contribution < -0.4 is 10.6 Å². The smallest absolute Gasteiger partial charge is 0.295 e. The normalized spacial score (nSPS) is 19.6. The summed E-state index contributed by atoms with van der Waals surface area (Å²) in [6, 6.07) is 6.37. The van der Waals surface area contributed by atoms with Gasteiger partial charge in [0.25, 0.3) is 5.91 Å². The number of benzene rings is 1. The van der Waals surface area contributed by atoms with Crippen LogP contribution in [0.15, 0.2) is 29.2 Å². The van der Waals surface area contributed by atoms with Crippen LogP contribution >= 0.6 is 12.2 Å². The van der Waals surface area contributed by atoms with Crippen LogP contribution in [0.3, 0.4) is 0 Å². The summed E-state index contributed by atoms with van der Waals surface area (Å²) in [4.78, 5) is 40.1. The molecule has 0 aliphatic carbocycles. The Morgan fingerprint density at radius 1 is 1.26 bits per heavy atom. The van der Waals surface area contributed by atoms with E-state index in [0.29, 0.717) is 5.69 Å². The first-order valence-electron chi connectivity index (χ1n) is 6.27. The lowest BCUT2D eigenvalue weighted by Crippen LogP contribution is -2.46. The second-order valence-corrected chi connectivity index (χ2v) is 6.39. The Kier molecular flexibility index (Phi) is 3.88. The first-order chi connectivity index (χ1) is 11.0. The number of carbonyl (C=O) groups excluding carboxylic acids is 3. The van der Waals surface area contributed by atoms with Gasteiger partial charge in [-0.3, -0.25) is 34.1 Å². The van der Waals surface area contributed by atoms with E-state index in [2.05, 4.69) is 25.8 Å². The fraction of sp³-hybridized carbons (Fsp3) is 0.0833. The summed E-state index contributed by atoms with van der Waals surface area (Å²) in [6.07, 6.45) is 0. The van der Waals surface area contributed by atoms with Gasteiger partial charge in [-0.1, -0.05) is 12.1 Å². The van der Waals surface area contributed by atoms with Gasteiger partial charge in [-0.05, 0) is 24.4 Å². The molecule has 118 valence electrons. The molecular formula is C12H9N5O4S2. The molecule has 1 aliphatic heterocycles. The highest BCUT2D eigenvalue weighted by molar-refractivity contribution is 7.87.